The average molecular weight is 376 g/mol. The molecule has 3 aromatic rings. The number of esters is 1. The lowest BCUT2D eigenvalue weighted by Crippen LogP contribution is -2.31. The highest BCUT2D eigenvalue weighted by Crippen LogP contribution is 2.20. The third kappa shape index (κ3) is 4.85. The van der Waals surface area contributed by atoms with Crippen LogP contribution in [-0.2, 0) is 11.3 Å². The molecule has 6 nitrogen and oxygen atoms in total. The van der Waals surface area contributed by atoms with Crippen LogP contribution in [0.3, 0.4) is 0 Å². The summed E-state index contributed by atoms with van der Waals surface area (Å²) in [7, 11) is 1.37. The van der Waals surface area contributed by atoms with Gasteiger partial charge in [0.15, 0.2) is 0 Å². The molecule has 0 unspecified atom stereocenters. The number of anilines is 3. The first-order valence-corrected chi connectivity index (χ1v) is 9.16. The predicted molar refractivity (Wildman–Crippen MR) is 111 cm³/mol. The Morgan fingerprint density at radius 2 is 1.89 bits per heavy atom. The molecule has 0 saturated heterocycles. The van der Waals surface area contributed by atoms with Gasteiger partial charge in [0.2, 0.25) is 5.95 Å². The lowest BCUT2D eigenvalue weighted by molar-refractivity contribution is 0.0601. The van der Waals surface area contributed by atoms with E-state index in [1.807, 2.05) is 24.3 Å². The van der Waals surface area contributed by atoms with Gasteiger partial charge in [-0.3, -0.25) is 0 Å². The van der Waals surface area contributed by atoms with Crippen molar-refractivity contribution in [2.75, 3.05) is 17.3 Å². The van der Waals surface area contributed by atoms with Gasteiger partial charge in [-0.25, -0.2) is 9.78 Å². The first-order valence-electron chi connectivity index (χ1n) is 9.16. The molecule has 1 aromatic heterocycles. The maximum Gasteiger partial charge on any atom is 0.337 e. The summed E-state index contributed by atoms with van der Waals surface area (Å²) < 4.78 is 4.78. The predicted octanol–water partition coefficient (Wildman–Crippen LogP) is 4.42. The topological polar surface area (TPSA) is 67.3 Å². The quantitative estimate of drug-likeness (QED) is 0.616. The number of nitrogens with one attached hydrogen (secondary N) is 1. The number of benzene rings is 2. The Morgan fingerprint density at radius 1 is 1.11 bits per heavy atom. The Labute approximate surface area is 165 Å². The van der Waals surface area contributed by atoms with E-state index in [0.717, 1.165) is 12.2 Å². The van der Waals surface area contributed by atoms with E-state index in [9.17, 15) is 4.79 Å². The van der Waals surface area contributed by atoms with E-state index >= 15 is 0 Å². The SMILES string of the molecule is COC(=O)c1cccc(Nc2ccnc(N(Cc3ccccc3)C(C)C)n2)c1. The van der Waals surface area contributed by atoms with Crippen LogP contribution in [0.4, 0.5) is 17.5 Å². The fourth-order valence-corrected chi connectivity index (χ4v) is 2.81. The summed E-state index contributed by atoms with van der Waals surface area (Å²) in [5, 5.41) is 3.24. The number of hydrogen-bond acceptors (Lipinski definition) is 6. The number of carbonyl (C=O) groups is 1. The highest BCUT2D eigenvalue weighted by molar-refractivity contribution is 5.90. The molecule has 1 N–H and O–H groups in total. The minimum atomic E-state index is -0.374. The van der Waals surface area contributed by atoms with Crippen LogP contribution in [-0.4, -0.2) is 29.1 Å². The summed E-state index contributed by atoms with van der Waals surface area (Å²) in [5.41, 5.74) is 2.44. The second-order valence-electron chi connectivity index (χ2n) is 6.65. The molecule has 0 aliphatic rings. The molecule has 0 bridgehead atoms. The summed E-state index contributed by atoms with van der Waals surface area (Å²) in [6, 6.07) is 19.4. The van der Waals surface area contributed by atoms with E-state index in [-0.39, 0.29) is 12.0 Å². The fraction of sp³-hybridized carbons (Fsp3) is 0.227. The summed E-state index contributed by atoms with van der Waals surface area (Å²) in [6.07, 6.45) is 1.73. The average Bonchev–Trinajstić information content (AvgIpc) is 2.72. The van der Waals surface area contributed by atoms with E-state index in [1.165, 1.54) is 12.7 Å². The molecule has 1 heterocycles. The highest BCUT2D eigenvalue weighted by atomic mass is 16.5. The largest absolute Gasteiger partial charge is 0.465 e. The molecule has 0 aliphatic carbocycles. The smallest absolute Gasteiger partial charge is 0.337 e. The standard InChI is InChI=1S/C22H24N4O2/c1-16(2)26(15-17-8-5-4-6-9-17)22-23-13-12-20(25-22)24-19-11-7-10-18(14-19)21(27)28-3/h4-14,16H,15H2,1-3H3,(H,23,24,25). The maximum atomic E-state index is 11.7. The summed E-state index contributed by atoms with van der Waals surface area (Å²) in [6.45, 7) is 4.96. The molecule has 2 aromatic carbocycles. The molecule has 0 spiro atoms. The van der Waals surface area contributed by atoms with Gasteiger partial charge in [0.05, 0.1) is 12.7 Å². The zero-order valence-electron chi connectivity index (χ0n) is 16.3. The minimum absolute atomic E-state index is 0.234. The molecule has 6 heteroatoms. The normalized spacial score (nSPS) is 10.6. The first kappa shape index (κ1) is 19.4. The van der Waals surface area contributed by atoms with E-state index in [0.29, 0.717) is 17.3 Å². The van der Waals surface area contributed by atoms with Crippen molar-refractivity contribution >= 4 is 23.4 Å². The van der Waals surface area contributed by atoms with Crippen LogP contribution in [0.2, 0.25) is 0 Å². The van der Waals surface area contributed by atoms with Crippen molar-refractivity contribution in [2.45, 2.75) is 26.4 Å². The van der Waals surface area contributed by atoms with E-state index in [1.54, 1.807) is 30.5 Å². The van der Waals surface area contributed by atoms with Crippen LogP contribution in [0.25, 0.3) is 0 Å². The summed E-state index contributed by atoms with van der Waals surface area (Å²) in [5.74, 6) is 0.930. The van der Waals surface area contributed by atoms with Crippen molar-refractivity contribution in [1.29, 1.82) is 0 Å². The molecular formula is C22H24N4O2. The third-order valence-electron chi connectivity index (χ3n) is 4.27. The van der Waals surface area contributed by atoms with Crippen molar-refractivity contribution in [1.82, 2.24) is 9.97 Å². The number of rotatable bonds is 7. The van der Waals surface area contributed by atoms with E-state index in [4.69, 9.17) is 4.74 Å². The van der Waals surface area contributed by atoms with Crippen molar-refractivity contribution in [3.05, 3.63) is 78.0 Å². The van der Waals surface area contributed by atoms with Gasteiger partial charge in [-0.15, -0.1) is 0 Å². The summed E-state index contributed by atoms with van der Waals surface area (Å²) in [4.78, 5) is 23.0. The Morgan fingerprint density at radius 3 is 2.61 bits per heavy atom. The second-order valence-corrected chi connectivity index (χ2v) is 6.65. The molecular weight excluding hydrogens is 352 g/mol. The number of methoxy groups -OCH3 is 1. The highest BCUT2D eigenvalue weighted by Gasteiger charge is 2.15. The van der Waals surface area contributed by atoms with Gasteiger partial charge in [-0.1, -0.05) is 36.4 Å². The van der Waals surface area contributed by atoms with Gasteiger partial charge in [-0.2, -0.15) is 4.98 Å². The van der Waals surface area contributed by atoms with Crippen LogP contribution in [0.15, 0.2) is 66.9 Å². The van der Waals surface area contributed by atoms with Crippen LogP contribution in [0.1, 0.15) is 29.8 Å². The summed E-state index contributed by atoms with van der Waals surface area (Å²) >= 11 is 0. The number of carbonyl (C=O) groups excluding carboxylic acids is 1. The molecule has 0 atom stereocenters. The van der Waals surface area contributed by atoms with E-state index in [2.05, 4.69) is 46.2 Å². The van der Waals surface area contributed by atoms with Crippen LogP contribution in [0, 0.1) is 0 Å². The van der Waals surface area contributed by atoms with E-state index < -0.39 is 0 Å². The van der Waals surface area contributed by atoms with Gasteiger partial charge in [-0.05, 0) is 43.7 Å². The molecule has 0 fully saturated rings. The first-order chi connectivity index (χ1) is 13.6. The van der Waals surface area contributed by atoms with Crippen LogP contribution < -0.4 is 10.2 Å². The Bertz CT molecular complexity index is 929. The molecule has 0 amide bonds. The molecule has 3 rings (SSSR count). The van der Waals surface area contributed by atoms with Crippen LogP contribution in [0.5, 0.6) is 0 Å². The van der Waals surface area contributed by atoms with Gasteiger partial charge in [0.25, 0.3) is 0 Å². The second kappa shape index (κ2) is 8.99. The molecule has 28 heavy (non-hydrogen) atoms. The number of ether oxygens (including phenoxy) is 1. The molecule has 0 aliphatic heterocycles. The monoisotopic (exact) mass is 376 g/mol. The van der Waals surface area contributed by atoms with Crippen molar-refractivity contribution < 1.29 is 9.53 Å². The zero-order valence-corrected chi connectivity index (χ0v) is 16.3. The fourth-order valence-electron chi connectivity index (χ4n) is 2.81. The minimum Gasteiger partial charge on any atom is -0.465 e. The van der Waals surface area contributed by atoms with Gasteiger partial charge >= 0.3 is 5.97 Å². The van der Waals surface area contributed by atoms with Crippen molar-refractivity contribution in [3.63, 3.8) is 0 Å². The number of hydrogen-bond donors (Lipinski definition) is 1. The molecule has 0 saturated carbocycles. The Balaban J connectivity index is 1.82. The van der Waals surface area contributed by atoms with Crippen molar-refractivity contribution in [2.24, 2.45) is 0 Å². The van der Waals surface area contributed by atoms with Gasteiger partial charge in [0.1, 0.15) is 5.82 Å². The van der Waals surface area contributed by atoms with Crippen LogP contribution >= 0.6 is 0 Å². The lowest BCUT2D eigenvalue weighted by atomic mass is 10.2. The Hall–Kier alpha value is -3.41. The third-order valence-corrected chi connectivity index (χ3v) is 4.27. The lowest BCUT2D eigenvalue weighted by Gasteiger charge is -2.27. The molecule has 0 radical (unpaired) electrons. The van der Waals surface area contributed by atoms with Gasteiger partial charge < -0.3 is 15.0 Å². The van der Waals surface area contributed by atoms with Gasteiger partial charge in [0, 0.05) is 24.5 Å². The molecule has 144 valence electrons. The Kier molecular flexibility index (Phi) is 6.22. The zero-order chi connectivity index (χ0) is 19.9. The maximum absolute atomic E-state index is 11.7. The number of aromatic nitrogens is 2. The van der Waals surface area contributed by atoms with Crippen molar-refractivity contribution in [3.8, 4) is 0 Å². The number of nitrogens with zero attached hydrogens (tertiary/aromatic N) is 3.